The van der Waals surface area contributed by atoms with Crippen molar-refractivity contribution in [3.8, 4) is 10.6 Å². The molecule has 3 atom stereocenters. The van der Waals surface area contributed by atoms with Crippen LogP contribution in [0.2, 0.25) is 5.02 Å². The topological polar surface area (TPSA) is 79.3 Å². The van der Waals surface area contributed by atoms with Gasteiger partial charge in [0.25, 0.3) is 0 Å². The van der Waals surface area contributed by atoms with E-state index in [0.29, 0.717) is 12.1 Å². The smallest absolute Gasteiger partial charge is 0.242 e. The summed E-state index contributed by atoms with van der Waals surface area (Å²) in [6, 6.07) is 8.79. The molecule has 3 heterocycles. The standard InChI is InChI=1S/C20H21ClFN5O2S2/c1-26-16(8-9-23-26)19-7-6-18(30-19)15-11-17(27(2)31(3,29)25-15)20(28)24-12-4-5-14(22)13(21)10-12/h4-10,15,17H,3,11H2,1-2H3,(H,24,28)(H,25,29). The van der Waals surface area contributed by atoms with Gasteiger partial charge >= 0.3 is 0 Å². The Balaban J connectivity index is 1.58. The van der Waals surface area contributed by atoms with Crippen LogP contribution in [0.25, 0.3) is 10.6 Å². The summed E-state index contributed by atoms with van der Waals surface area (Å²) in [6.45, 7) is 0. The second-order valence-corrected chi connectivity index (χ2v) is 10.9. The van der Waals surface area contributed by atoms with Gasteiger partial charge in [-0.05, 0) is 48.7 Å². The van der Waals surface area contributed by atoms with E-state index in [1.165, 1.54) is 22.5 Å². The molecule has 2 aromatic heterocycles. The van der Waals surface area contributed by atoms with Crippen molar-refractivity contribution in [2.24, 2.45) is 7.05 Å². The highest BCUT2D eigenvalue weighted by Gasteiger charge is 2.38. The van der Waals surface area contributed by atoms with Crippen LogP contribution in [0, 0.1) is 5.82 Å². The molecule has 1 fully saturated rings. The van der Waals surface area contributed by atoms with Gasteiger partial charge in [-0.2, -0.15) is 5.10 Å². The number of thiophene rings is 1. The predicted octanol–water partition coefficient (Wildman–Crippen LogP) is 3.46. The first-order valence-corrected chi connectivity index (χ1v) is 12.2. The highest BCUT2D eigenvalue weighted by Crippen LogP contribution is 2.36. The molecule has 3 unspecified atom stereocenters. The molecule has 3 aromatic rings. The minimum absolute atomic E-state index is 0.0865. The summed E-state index contributed by atoms with van der Waals surface area (Å²) in [5.74, 6) is 2.87. The lowest BCUT2D eigenvalue weighted by Gasteiger charge is -2.39. The molecule has 1 aromatic carbocycles. The molecule has 1 saturated heterocycles. The van der Waals surface area contributed by atoms with E-state index in [2.05, 4.69) is 21.0 Å². The quantitative estimate of drug-likeness (QED) is 0.560. The van der Waals surface area contributed by atoms with Gasteiger partial charge in [-0.15, -0.1) is 11.3 Å². The summed E-state index contributed by atoms with van der Waals surface area (Å²) in [7, 11) is 0.574. The van der Waals surface area contributed by atoms with E-state index in [4.69, 9.17) is 11.6 Å². The van der Waals surface area contributed by atoms with Crippen LogP contribution in [0.3, 0.4) is 0 Å². The third-order valence-corrected chi connectivity index (χ3v) is 8.57. The number of anilines is 1. The maximum absolute atomic E-state index is 13.4. The third kappa shape index (κ3) is 4.39. The van der Waals surface area contributed by atoms with Crippen LogP contribution >= 0.6 is 22.9 Å². The number of halogens is 2. The summed E-state index contributed by atoms with van der Waals surface area (Å²) in [4.78, 5) is 15.0. The Hall–Kier alpha value is -2.24. The van der Waals surface area contributed by atoms with Crippen molar-refractivity contribution in [3.63, 3.8) is 0 Å². The number of amides is 1. The molecule has 0 spiro atoms. The zero-order valence-corrected chi connectivity index (χ0v) is 19.2. The van der Waals surface area contributed by atoms with E-state index in [9.17, 15) is 13.4 Å². The van der Waals surface area contributed by atoms with Crippen molar-refractivity contribution in [1.29, 1.82) is 0 Å². The molecule has 164 valence electrons. The van der Waals surface area contributed by atoms with Crippen molar-refractivity contribution in [1.82, 2.24) is 18.8 Å². The highest BCUT2D eigenvalue weighted by molar-refractivity contribution is 7.96. The molecule has 1 amide bonds. The predicted molar refractivity (Wildman–Crippen MR) is 124 cm³/mol. The van der Waals surface area contributed by atoms with Gasteiger partial charge in [-0.1, -0.05) is 11.6 Å². The fourth-order valence-electron chi connectivity index (χ4n) is 3.47. The number of nitrogens with one attached hydrogen (secondary N) is 2. The second kappa shape index (κ2) is 8.36. The molecule has 0 radical (unpaired) electrons. The number of rotatable bonds is 4. The molecule has 0 bridgehead atoms. The van der Waals surface area contributed by atoms with Crippen molar-refractivity contribution in [2.45, 2.75) is 18.5 Å². The first-order valence-electron chi connectivity index (χ1n) is 9.37. The minimum Gasteiger partial charge on any atom is -0.325 e. The SMILES string of the molecule is C=S1(=O)NC(c2ccc(-c3ccnn3C)s2)CC(C(=O)Nc2ccc(F)c(Cl)c2)N1C. The fourth-order valence-corrected chi connectivity index (χ4v) is 6.28. The Bertz CT molecular complexity index is 1240. The normalized spacial score (nSPS) is 24.3. The molecule has 1 aliphatic heterocycles. The van der Waals surface area contributed by atoms with Gasteiger partial charge in [-0.25, -0.2) is 17.6 Å². The van der Waals surface area contributed by atoms with Crippen molar-refractivity contribution in [2.75, 3.05) is 12.4 Å². The number of aromatic nitrogens is 2. The number of carbonyl (C=O) groups is 1. The molecule has 1 aliphatic rings. The molecule has 7 nitrogen and oxygen atoms in total. The number of carbonyl (C=O) groups excluding carboxylic acids is 1. The van der Waals surface area contributed by atoms with E-state index in [1.807, 2.05) is 25.2 Å². The summed E-state index contributed by atoms with van der Waals surface area (Å²) < 4.78 is 32.8. The third-order valence-electron chi connectivity index (χ3n) is 5.22. The first kappa shape index (κ1) is 22.0. The van der Waals surface area contributed by atoms with Gasteiger partial charge < -0.3 is 5.32 Å². The van der Waals surface area contributed by atoms with Crippen LogP contribution < -0.4 is 10.0 Å². The number of benzene rings is 1. The van der Waals surface area contributed by atoms with E-state index in [-0.39, 0.29) is 17.0 Å². The average Bonchev–Trinajstić information content (AvgIpc) is 3.35. The van der Waals surface area contributed by atoms with Gasteiger partial charge in [0, 0.05) is 30.9 Å². The largest absolute Gasteiger partial charge is 0.325 e. The first-order chi connectivity index (χ1) is 14.7. The number of nitrogens with zero attached hydrogens (tertiary/aromatic N) is 3. The zero-order chi connectivity index (χ0) is 22.3. The lowest BCUT2D eigenvalue weighted by molar-refractivity contribution is -0.120. The van der Waals surface area contributed by atoms with Gasteiger partial charge in [0.1, 0.15) is 11.9 Å². The van der Waals surface area contributed by atoms with Gasteiger partial charge in [0.05, 0.1) is 31.5 Å². The summed E-state index contributed by atoms with van der Waals surface area (Å²) in [6.07, 6.45) is 2.11. The van der Waals surface area contributed by atoms with Crippen molar-refractivity contribution in [3.05, 3.63) is 58.3 Å². The van der Waals surface area contributed by atoms with Gasteiger partial charge in [0.2, 0.25) is 5.91 Å². The molecule has 11 heteroatoms. The summed E-state index contributed by atoms with van der Waals surface area (Å²) in [5.41, 5.74) is 1.34. The molecule has 31 heavy (non-hydrogen) atoms. The van der Waals surface area contributed by atoms with Crippen LogP contribution in [0.5, 0.6) is 0 Å². The molecule has 0 aliphatic carbocycles. The second-order valence-electron chi connectivity index (χ2n) is 7.27. The number of hydrogen-bond acceptors (Lipinski definition) is 4. The highest BCUT2D eigenvalue weighted by atomic mass is 35.5. The molecule has 2 N–H and O–H groups in total. The number of aryl methyl sites for hydroxylation is 1. The summed E-state index contributed by atoms with van der Waals surface area (Å²) >= 11 is 7.36. The molecular formula is C20H21ClFN5O2S2. The lowest BCUT2D eigenvalue weighted by atomic mass is 10.1. The summed E-state index contributed by atoms with van der Waals surface area (Å²) in [5, 5.41) is 6.84. The fraction of sp³-hybridized carbons (Fsp3) is 0.250. The van der Waals surface area contributed by atoms with Gasteiger partial charge in [-0.3, -0.25) is 9.48 Å². The maximum atomic E-state index is 13.4. The van der Waals surface area contributed by atoms with E-state index in [0.717, 1.165) is 15.4 Å². The Kier molecular flexibility index (Phi) is 5.93. The Morgan fingerprint density at radius 3 is 2.81 bits per heavy atom. The minimum atomic E-state index is -2.89. The Morgan fingerprint density at radius 2 is 2.13 bits per heavy atom. The van der Waals surface area contributed by atoms with Crippen LogP contribution in [-0.4, -0.2) is 43.2 Å². The van der Waals surface area contributed by atoms with E-state index >= 15 is 0 Å². The Morgan fingerprint density at radius 1 is 1.35 bits per heavy atom. The van der Waals surface area contributed by atoms with E-state index in [1.54, 1.807) is 29.3 Å². The van der Waals surface area contributed by atoms with Crippen LogP contribution in [0.15, 0.2) is 42.6 Å². The number of hydrogen-bond donors (Lipinski definition) is 2. The number of likely N-dealkylation sites (N-methyl/N-ethyl adjacent to an activating group) is 1. The molecular weight excluding hydrogens is 461 g/mol. The molecule has 0 saturated carbocycles. The maximum Gasteiger partial charge on any atom is 0.242 e. The average molecular weight is 482 g/mol. The monoisotopic (exact) mass is 481 g/mol. The van der Waals surface area contributed by atoms with Gasteiger partial charge in [0.15, 0.2) is 0 Å². The lowest BCUT2D eigenvalue weighted by Crippen LogP contribution is -2.55. The zero-order valence-electron chi connectivity index (χ0n) is 16.8. The van der Waals surface area contributed by atoms with Crippen LogP contribution in [0.4, 0.5) is 10.1 Å². The van der Waals surface area contributed by atoms with E-state index < -0.39 is 21.8 Å². The van der Waals surface area contributed by atoms with Crippen LogP contribution in [-0.2, 0) is 21.7 Å². The van der Waals surface area contributed by atoms with Crippen molar-refractivity contribution >= 4 is 50.3 Å². The van der Waals surface area contributed by atoms with Crippen molar-refractivity contribution < 1.29 is 13.4 Å². The Labute approximate surface area is 189 Å². The molecule has 4 rings (SSSR count). The van der Waals surface area contributed by atoms with Crippen LogP contribution in [0.1, 0.15) is 17.3 Å².